The Hall–Kier alpha value is -3.59. The summed E-state index contributed by atoms with van der Waals surface area (Å²) in [6, 6.07) is 15.1. The maximum absolute atomic E-state index is 12.1. The fourth-order valence-electron chi connectivity index (χ4n) is 3.35. The number of likely N-dealkylation sites (tertiary alicyclic amines) is 1. The topological polar surface area (TPSA) is 64.4 Å². The van der Waals surface area contributed by atoms with E-state index in [4.69, 9.17) is 4.74 Å². The van der Waals surface area contributed by atoms with Gasteiger partial charge in [-0.15, -0.1) is 0 Å². The minimum Gasteiger partial charge on any atom is -0.464 e. The molecule has 1 amide bonds. The number of methoxy groups -OCH3 is 1. The molecule has 1 saturated heterocycles. The number of nitrogens with zero attached hydrogens (tertiary/aromatic N) is 3. The van der Waals surface area contributed by atoms with Crippen molar-refractivity contribution in [3.8, 4) is 17.5 Å². The Morgan fingerprint density at radius 3 is 2.79 bits per heavy atom. The average Bonchev–Trinajstić information content (AvgIpc) is 3.27. The summed E-state index contributed by atoms with van der Waals surface area (Å²) < 4.78 is 6.57. The molecular formula is C22H19N3O3. The number of amides is 1. The number of hydrogen-bond donors (Lipinski definition) is 0. The van der Waals surface area contributed by atoms with Gasteiger partial charge in [-0.1, -0.05) is 36.1 Å². The van der Waals surface area contributed by atoms with Crippen LogP contribution in [0, 0.1) is 17.8 Å². The van der Waals surface area contributed by atoms with Crippen molar-refractivity contribution < 1.29 is 14.3 Å². The lowest BCUT2D eigenvalue weighted by Gasteiger charge is -2.05. The number of ether oxygens (including phenoxy) is 1. The molecule has 0 radical (unpaired) electrons. The van der Waals surface area contributed by atoms with E-state index in [-0.39, 0.29) is 17.5 Å². The predicted octanol–water partition coefficient (Wildman–Crippen LogP) is 2.64. The first-order valence-electron chi connectivity index (χ1n) is 9.01. The lowest BCUT2D eigenvalue weighted by atomic mass is 10.1. The van der Waals surface area contributed by atoms with Crippen LogP contribution in [0.5, 0.6) is 0 Å². The second-order valence-electron chi connectivity index (χ2n) is 6.69. The Kier molecular flexibility index (Phi) is 4.58. The monoisotopic (exact) mass is 373 g/mol. The van der Waals surface area contributed by atoms with Crippen LogP contribution in [0.3, 0.4) is 0 Å². The normalized spacial score (nSPS) is 16.1. The van der Waals surface area contributed by atoms with Crippen LogP contribution in [0.4, 0.5) is 0 Å². The Labute approximate surface area is 162 Å². The molecule has 1 aliphatic rings. The molecule has 3 aromatic rings. The zero-order valence-electron chi connectivity index (χ0n) is 15.7. The number of para-hydroxylation sites is 1. The van der Waals surface area contributed by atoms with Gasteiger partial charge in [0.15, 0.2) is 5.69 Å². The third-order valence-electron chi connectivity index (χ3n) is 4.88. The van der Waals surface area contributed by atoms with Crippen molar-refractivity contribution in [2.45, 2.75) is 6.42 Å². The van der Waals surface area contributed by atoms with Crippen LogP contribution < -0.4 is 0 Å². The van der Waals surface area contributed by atoms with Crippen molar-refractivity contribution in [2.75, 3.05) is 20.7 Å². The summed E-state index contributed by atoms with van der Waals surface area (Å²) in [4.78, 5) is 25.8. The van der Waals surface area contributed by atoms with Gasteiger partial charge in [0, 0.05) is 24.5 Å². The maximum Gasteiger partial charge on any atom is 0.359 e. The summed E-state index contributed by atoms with van der Waals surface area (Å²) >= 11 is 0. The highest BCUT2D eigenvalue weighted by molar-refractivity contribution is 6.02. The smallest absolute Gasteiger partial charge is 0.359 e. The Morgan fingerprint density at radius 2 is 2.04 bits per heavy atom. The minimum atomic E-state index is -0.477. The molecule has 4 rings (SSSR count). The van der Waals surface area contributed by atoms with E-state index in [0.717, 1.165) is 35.1 Å². The summed E-state index contributed by atoms with van der Waals surface area (Å²) in [6.45, 7) is 0.744. The van der Waals surface area contributed by atoms with Gasteiger partial charge in [-0.25, -0.2) is 9.48 Å². The Balaban J connectivity index is 1.73. The maximum atomic E-state index is 12.1. The van der Waals surface area contributed by atoms with Gasteiger partial charge in [0.1, 0.15) is 5.92 Å². The predicted molar refractivity (Wildman–Crippen MR) is 105 cm³/mol. The Morgan fingerprint density at radius 1 is 1.21 bits per heavy atom. The summed E-state index contributed by atoms with van der Waals surface area (Å²) in [5, 5.41) is 5.19. The minimum absolute atomic E-state index is 0.0736. The molecule has 0 spiro atoms. The summed E-state index contributed by atoms with van der Waals surface area (Å²) in [7, 11) is 3.14. The van der Waals surface area contributed by atoms with E-state index in [9.17, 15) is 9.59 Å². The number of benzene rings is 2. The lowest BCUT2D eigenvalue weighted by molar-refractivity contribution is -0.128. The van der Waals surface area contributed by atoms with Gasteiger partial charge in [-0.3, -0.25) is 4.79 Å². The second kappa shape index (κ2) is 7.20. The number of aromatic nitrogens is 2. The fourth-order valence-corrected chi connectivity index (χ4v) is 3.35. The first-order chi connectivity index (χ1) is 13.6. The molecule has 0 unspecified atom stereocenters. The third-order valence-corrected chi connectivity index (χ3v) is 4.88. The SMILES string of the molecule is COC(=O)c1nn(-c2cccc(C#C[C@@H]3CCN(C)C3=O)c2)c2ccccc12. The number of carbonyl (C=O) groups excluding carboxylic acids is 2. The zero-order valence-corrected chi connectivity index (χ0v) is 15.7. The molecule has 140 valence electrons. The van der Waals surface area contributed by atoms with E-state index in [0.29, 0.717) is 0 Å². The van der Waals surface area contributed by atoms with Crippen LogP contribution in [0.25, 0.3) is 16.6 Å². The molecule has 1 fully saturated rings. The summed E-state index contributed by atoms with van der Waals surface area (Å²) in [5.41, 5.74) is 2.65. The van der Waals surface area contributed by atoms with Crippen LogP contribution in [-0.4, -0.2) is 47.3 Å². The molecule has 0 N–H and O–H groups in total. The molecule has 1 aliphatic heterocycles. The van der Waals surface area contributed by atoms with E-state index in [1.165, 1.54) is 7.11 Å². The van der Waals surface area contributed by atoms with Crippen LogP contribution in [-0.2, 0) is 9.53 Å². The van der Waals surface area contributed by atoms with Crippen LogP contribution in [0.2, 0.25) is 0 Å². The molecule has 6 nitrogen and oxygen atoms in total. The number of rotatable bonds is 2. The molecular weight excluding hydrogens is 354 g/mol. The highest BCUT2D eigenvalue weighted by Crippen LogP contribution is 2.23. The van der Waals surface area contributed by atoms with E-state index in [2.05, 4.69) is 16.9 Å². The molecule has 6 heteroatoms. The highest BCUT2D eigenvalue weighted by Gasteiger charge is 2.27. The zero-order chi connectivity index (χ0) is 19.7. The van der Waals surface area contributed by atoms with Gasteiger partial charge in [-0.2, -0.15) is 5.10 Å². The van der Waals surface area contributed by atoms with Crippen molar-refractivity contribution in [1.82, 2.24) is 14.7 Å². The largest absolute Gasteiger partial charge is 0.464 e. The number of hydrogen-bond acceptors (Lipinski definition) is 4. The van der Waals surface area contributed by atoms with Crippen molar-refractivity contribution >= 4 is 22.8 Å². The molecule has 1 aromatic heterocycles. The second-order valence-corrected chi connectivity index (χ2v) is 6.69. The third kappa shape index (κ3) is 3.12. The lowest BCUT2D eigenvalue weighted by Crippen LogP contribution is -2.21. The van der Waals surface area contributed by atoms with E-state index < -0.39 is 5.97 Å². The van der Waals surface area contributed by atoms with Crippen molar-refractivity contribution in [1.29, 1.82) is 0 Å². The first-order valence-corrected chi connectivity index (χ1v) is 9.01. The van der Waals surface area contributed by atoms with Crippen LogP contribution in [0.15, 0.2) is 48.5 Å². The molecule has 0 saturated carbocycles. The van der Waals surface area contributed by atoms with Crippen molar-refractivity contribution in [2.24, 2.45) is 5.92 Å². The highest BCUT2D eigenvalue weighted by atomic mass is 16.5. The molecule has 2 aromatic carbocycles. The van der Waals surface area contributed by atoms with E-state index in [1.54, 1.807) is 16.6 Å². The molecule has 1 atom stereocenters. The summed E-state index contributed by atoms with van der Waals surface area (Å²) in [6.07, 6.45) is 0.758. The van der Waals surface area contributed by atoms with Gasteiger partial charge in [0.05, 0.1) is 18.3 Å². The molecule has 28 heavy (non-hydrogen) atoms. The average molecular weight is 373 g/mol. The van der Waals surface area contributed by atoms with Gasteiger partial charge in [0.25, 0.3) is 0 Å². The molecule has 2 heterocycles. The molecule has 0 bridgehead atoms. The number of fused-ring (bicyclic) bond motifs is 1. The number of carbonyl (C=O) groups is 2. The van der Waals surface area contributed by atoms with Gasteiger partial charge in [0.2, 0.25) is 5.91 Å². The van der Waals surface area contributed by atoms with Gasteiger partial charge >= 0.3 is 5.97 Å². The standard InChI is InChI=1S/C22H19N3O3/c1-24-13-12-16(21(24)26)11-10-15-6-5-7-17(14-15)25-19-9-4-3-8-18(19)20(23-25)22(27)28-2/h3-9,14,16H,12-13H2,1-2H3/t16-/m1/s1. The number of esters is 1. The van der Waals surface area contributed by atoms with E-state index in [1.807, 2.05) is 48.5 Å². The fraction of sp³-hybridized carbons (Fsp3) is 0.227. The first kappa shape index (κ1) is 17.8. The van der Waals surface area contributed by atoms with Gasteiger partial charge in [-0.05, 0) is 30.7 Å². The van der Waals surface area contributed by atoms with Gasteiger partial charge < -0.3 is 9.64 Å². The Bertz CT molecular complexity index is 1140. The quantitative estimate of drug-likeness (QED) is 0.512. The van der Waals surface area contributed by atoms with Crippen molar-refractivity contribution in [3.05, 3.63) is 59.8 Å². The van der Waals surface area contributed by atoms with Crippen LogP contribution >= 0.6 is 0 Å². The van der Waals surface area contributed by atoms with Crippen molar-refractivity contribution in [3.63, 3.8) is 0 Å². The van der Waals surface area contributed by atoms with Crippen LogP contribution in [0.1, 0.15) is 22.5 Å². The van der Waals surface area contributed by atoms with E-state index >= 15 is 0 Å². The molecule has 0 aliphatic carbocycles. The summed E-state index contributed by atoms with van der Waals surface area (Å²) in [5.74, 6) is 5.54.